The van der Waals surface area contributed by atoms with Crippen molar-refractivity contribution >= 4 is 27.5 Å². The number of primary sulfonamides is 1. The number of thioether (sulfide) groups is 1. The normalized spacial score (nSPS) is 12.4. The van der Waals surface area contributed by atoms with E-state index in [1.165, 1.54) is 6.07 Å². The summed E-state index contributed by atoms with van der Waals surface area (Å²) in [6, 6.07) is 2.90. The van der Waals surface area contributed by atoms with Crippen LogP contribution in [0.1, 0.15) is 12.0 Å². The molecule has 0 atom stereocenters. The molecule has 0 saturated heterocycles. The lowest BCUT2D eigenvalue weighted by Crippen LogP contribution is -2.19. The first-order valence-corrected chi connectivity index (χ1v) is 8.57. The van der Waals surface area contributed by atoms with E-state index in [1.54, 1.807) is 11.8 Å². The lowest BCUT2D eigenvalue weighted by molar-refractivity contribution is -0.139. The zero-order chi connectivity index (χ0) is 15.4. The van der Waals surface area contributed by atoms with Gasteiger partial charge in [0, 0.05) is 12.2 Å². The Bertz CT molecular complexity index is 559. The lowest BCUT2D eigenvalue weighted by atomic mass is 10.2. The fourth-order valence-corrected chi connectivity index (χ4v) is 2.73. The summed E-state index contributed by atoms with van der Waals surface area (Å²) in [4.78, 5) is -0.917. The van der Waals surface area contributed by atoms with Crippen LogP contribution in [0.5, 0.6) is 0 Å². The second-order valence-electron chi connectivity index (χ2n) is 4.03. The van der Waals surface area contributed by atoms with E-state index in [-0.39, 0.29) is 5.69 Å². The molecule has 0 radical (unpaired) electrons. The standard InChI is InChI=1S/C11H15F3N2O2S2/c1-19-6-2-5-16-8-3-4-10(20(15,17)18)9(7-8)11(12,13)14/h3-4,7,16H,2,5-6H2,1H3,(H2,15,17,18). The van der Waals surface area contributed by atoms with Gasteiger partial charge in [-0.3, -0.25) is 0 Å². The maximum atomic E-state index is 12.9. The fourth-order valence-electron chi connectivity index (χ4n) is 1.56. The van der Waals surface area contributed by atoms with Crippen LogP contribution in [0.3, 0.4) is 0 Å². The molecule has 0 amide bonds. The molecule has 0 bridgehead atoms. The molecule has 4 nitrogen and oxygen atoms in total. The van der Waals surface area contributed by atoms with Crippen LogP contribution in [0.2, 0.25) is 0 Å². The summed E-state index contributed by atoms with van der Waals surface area (Å²) in [5.74, 6) is 0.883. The highest BCUT2D eigenvalue weighted by atomic mass is 32.2. The van der Waals surface area contributed by atoms with E-state index in [4.69, 9.17) is 5.14 Å². The number of anilines is 1. The number of hydrogen-bond donors (Lipinski definition) is 2. The van der Waals surface area contributed by atoms with Crippen molar-refractivity contribution in [3.63, 3.8) is 0 Å². The Morgan fingerprint density at radius 1 is 1.35 bits per heavy atom. The van der Waals surface area contributed by atoms with Gasteiger partial charge in [0.1, 0.15) is 0 Å². The van der Waals surface area contributed by atoms with Gasteiger partial charge in [-0.25, -0.2) is 13.6 Å². The molecule has 0 fully saturated rings. The van der Waals surface area contributed by atoms with Crippen molar-refractivity contribution in [2.24, 2.45) is 5.14 Å². The molecule has 9 heteroatoms. The van der Waals surface area contributed by atoms with Crippen molar-refractivity contribution < 1.29 is 21.6 Å². The number of halogens is 3. The first kappa shape index (κ1) is 17.1. The summed E-state index contributed by atoms with van der Waals surface area (Å²) in [5, 5.41) is 7.61. The highest BCUT2D eigenvalue weighted by Crippen LogP contribution is 2.35. The summed E-state index contributed by atoms with van der Waals surface area (Å²) in [7, 11) is -4.41. The molecule has 0 aliphatic rings. The zero-order valence-electron chi connectivity index (χ0n) is 10.7. The van der Waals surface area contributed by atoms with Gasteiger partial charge in [-0.1, -0.05) is 0 Å². The summed E-state index contributed by atoms with van der Waals surface area (Å²) in [6.45, 7) is 0.507. The van der Waals surface area contributed by atoms with Crippen molar-refractivity contribution in [2.45, 2.75) is 17.5 Å². The van der Waals surface area contributed by atoms with E-state index < -0.39 is 26.7 Å². The van der Waals surface area contributed by atoms with E-state index >= 15 is 0 Å². The van der Waals surface area contributed by atoms with Crippen molar-refractivity contribution in [1.29, 1.82) is 0 Å². The van der Waals surface area contributed by atoms with Gasteiger partial charge in [0.05, 0.1) is 10.5 Å². The number of sulfonamides is 1. The molecule has 20 heavy (non-hydrogen) atoms. The molecule has 0 saturated carbocycles. The van der Waals surface area contributed by atoms with Crippen molar-refractivity contribution in [3.8, 4) is 0 Å². The molecule has 0 aliphatic heterocycles. The van der Waals surface area contributed by atoms with Crippen LogP contribution in [0.4, 0.5) is 18.9 Å². The highest BCUT2D eigenvalue weighted by Gasteiger charge is 2.36. The molecule has 0 heterocycles. The SMILES string of the molecule is CSCCCNc1ccc(S(N)(=O)=O)c(C(F)(F)F)c1. The summed E-state index contributed by atoms with van der Waals surface area (Å²) < 4.78 is 60.9. The Kier molecular flexibility index (Phi) is 5.72. The smallest absolute Gasteiger partial charge is 0.385 e. The number of alkyl halides is 3. The lowest BCUT2D eigenvalue weighted by Gasteiger charge is -2.14. The van der Waals surface area contributed by atoms with E-state index in [9.17, 15) is 21.6 Å². The minimum Gasteiger partial charge on any atom is -0.385 e. The maximum Gasteiger partial charge on any atom is 0.417 e. The van der Waals surface area contributed by atoms with Crippen LogP contribution in [0.25, 0.3) is 0 Å². The molecule has 1 rings (SSSR count). The first-order chi connectivity index (χ1) is 9.16. The molecular weight excluding hydrogens is 313 g/mol. The third-order valence-corrected chi connectivity index (χ3v) is 4.11. The van der Waals surface area contributed by atoms with Crippen LogP contribution < -0.4 is 10.5 Å². The van der Waals surface area contributed by atoms with E-state index in [0.717, 1.165) is 24.3 Å². The molecule has 0 aromatic heterocycles. The summed E-state index contributed by atoms with van der Waals surface area (Å²) >= 11 is 1.63. The van der Waals surface area contributed by atoms with Crippen molar-refractivity contribution in [2.75, 3.05) is 23.9 Å². The number of benzene rings is 1. The molecule has 114 valence electrons. The number of rotatable bonds is 6. The van der Waals surface area contributed by atoms with Gasteiger partial charge < -0.3 is 5.32 Å². The number of nitrogens with one attached hydrogen (secondary N) is 1. The highest BCUT2D eigenvalue weighted by molar-refractivity contribution is 7.98. The van der Waals surface area contributed by atoms with Gasteiger partial charge in [-0.05, 0) is 36.6 Å². The van der Waals surface area contributed by atoms with Gasteiger partial charge in [-0.15, -0.1) is 0 Å². The van der Waals surface area contributed by atoms with Gasteiger partial charge in [0.15, 0.2) is 0 Å². The van der Waals surface area contributed by atoms with E-state index in [2.05, 4.69) is 5.32 Å². The Hall–Kier alpha value is -0.930. The summed E-state index contributed by atoms with van der Waals surface area (Å²) in [5.41, 5.74) is -1.04. The first-order valence-electron chi connectivity index (χ1n) is 5.63. The average Bonchev–Trinajstić information content (AvgIpc) is 2.32. The predicted molar refractivity (Wildman–Crippen MR) is 74.3 cm³/mol. The van der Waals surface area contributed by atoms with Gasteiger partial charge in [-0.2, -0.15) is 24.9 Å². The van der Waals surface area contributed by atoms with Crippen LogP contribution in [-0.4, -0.2) is 27.0 Å². The Balaban J connectivity index is 3.04. The topological polar surface area (TPSA) is 72.2 Å². The Morgan fingerprint density at radius 2 is 2.00 bits per heavy atom. The van der Waals surface area contributed by atoms with Crippen molar-refractivity contribution in [3.05, 3.63) is 23.8 Å². The van der Waals surface area contributed by atoms with Crippen LogP contribution in [-0.2, 0) is 16.2 Å². The molecule has 1 aromatic rings. The maximum absolute atomic E-state index is 12.9. The van der Waals surface area contributed by atoms with Gasteiger partial charge >= 0.3 is 6.18 Å². The third kappa shape index (κ3) is 4.88. The zero-order valence-corrected chi connectivity index (χ0v) is 12.3. The van der Waals surface area contributed by atoms with Gasteiger partial charge in [0.2, 0.25) is 10.0 Å². The third-order valence-electron chi connectivity index (χ3n) is 2.45. The van der Waals surface area contributed by atoms with Gasteiger partial charge in [0.25, 0.3) is 0 Å². The van der Waals surface area contributed by atoms with Crippen LogP contribution >= 0.6 is 11.8 Å². The van der Waals surface area contributed by atoms with Crippen LogP contribution in [0.15, 0.2) is 23.1 Å². The number of nitrogens with two attached hydrogens (primary N) is 1. The fraction of sp³-hybridized carbons (Fsp3) is 0.455. The average molecular weight is 328 g/mol. The monoisotopic (exact) mass is 328 g/mol. The molecular formula is C11H15F3N2O2S2. The predicted octanol–water partition coefficient (Wildman–Crippen LogP) is 2.52. The largest absolute Gasteiger partial charge is 0.417 e. The Labute approximate surface area is 120 Å². The van der Waals surface area contributed by atoms with E-state index in [0.29, 0.717) is 6.54 Å². The Morgan fingerprint density at radius 3 is 2.50 bits per heavy atom. The quantitative estimate of drug-likeness (QED) is 0.787. The van der Waals surface area contributed by atoms with Crippen LogP contribution in [0, 0.1) is 0 Å². The molecule has 1 aromatic carbocycles. The molecule has 0 aliphatic carbocycles. The number of hydrogen-bond acceptors (Lipinski definition) is 4. The van der Waals surface area contributed by atoms with Crippen molar-refractivity contribution in [1.82, 2.24) is 0 Å². The van der Waals surface area contributed by atoms with E-state index in [1.807, 2.05) is 6.26 Å². The summed E-state index contributed by atoms with van der Waals surface area (Å²) in [6.07, 6.45) is -2.05. The molecule has 3 N–H and O–H groups in total. The second-order valence-corrected chi connectivity index (χ2v) is 6.54. The second kappa shape index (κ2) is 6.68. The molecule has 0 unspecified atom stereocenters. The minimum atomic E-state index is -4.78. The molecule has 0 spiro atoms. The minimum absolute atomic E-state index is 0.214.